The Morgan fingerprint density at radius 1 is 1.25 bits per heavy atom. The van der Waals surface area contributed by atoms with Crippen molar-refractivity contribution >= 4 is 0 Å². The minimum Gasteiger partial charge on any atom is -0.496 e. The molecule has 0 aromatic heterocycles. The van der Waals surface area contributed by atoms with Gasteiger partial charge in [-0.1, -0.05) is 13.8 Å². The average molecular weight is 283 g/mol. The monoisotopic (exact) mass is 283 g/mol. The van der Waals surface area contributed by atoms with Crippen LogP contribution in [-0.2, 0) is 4.74 Å². The van der Waals surface area contributed by atoms with E-state index in [-0.39, 0.29) is 11.9 Å². The summed E-state index contributed by atoms with van der Waals surface area (Å²) in [6.07, 6.45) is 0.702. The highest BCUT2D eigenvalue weighted by atomic mass is 19.1. The number of likely N-dealkylation sites (N-methyl/N-ethyl adjacent to an activating group) is 1. The molecule has 114 valence electrons. The van der Waals surface area contributed by atoms with Crippen molar-refractivity contribution in [3.63, 3.8) is 0 Å². The molecule has 0 unspecified atom stereocenters. The van der Waals surface area contributed by atoms with E-state index in [2.05, 4.69) is 18.7 Å². The van der Waals surface area contributed by atoms with Crippen molar-refractivity contribution in [3.8, 4) is 5.75 Å². The van der Waals surface area contributed by atoms with Crippen LogP contribution in [0.2, 0.25) is 0 Å². The predicted molar refractivity (Wildman–Crippen MR) is 79.7 cm³/mol. The van der Waals surface area contributed by atoms with Gasteiger partial charge in [-0.3, -0.25) is 0 Å². The van der Waals surface area contributed by atoms with Crippen molar-refractivity contribution in [2.24, 2.45) is 5.92 Å². The average Bonchev–Trinajstić information content (AvgIpc) is 2.36. The molecule has 20 heavy (non-hydrogen) atoms. The third kappa shape index (κ3) is 5.47. The third-order valence-electron chi connectivity index (χ3n) is 3.08. The Balaban J connectivity index is 2.88. The maximum absolute atomic E-state index is 13.5. The minimum absolute atomic E-state index is 0.138. The zero-order valence-electron chi connectivity index (χ0n) is 13.1. The molecule has 1 aromatic carbocycles. The highest BCUT2D eigenvalue weighted by Crippen LogP contribution is 2.32. The molecule has 4 heteroatoms. The number of rotatable bonds is 8. The Hall–Kier alpha value is -1.13. The lowest BCUT2D eigenvalue weighted by Gasteiger charge is -2.23. The van der Waals surface area contributed by atoms with Crippen LogP contribution < -0.4 is 4.74 Å². The Kier molecular flexibility index (Phi) is 6.96. The van der Waals surface area contributed by atoms with Crippen molar-refractivity contribution in [1.82, 2.24) is 4.90 Å². The molecule has 1 aromatic rings. The summed E-state index contributed by atoms with van der Waals surface area (Å²) in [7, 11) is 5.61. The van der Waals surface area contributed by atoms with Crippen LogP contribution in [0.4, 0.5) is 4.39 Å². The van der Waals surface area contributed by atoms with Gasteiger partial charge in [-0.05, 0) is 44.6 Å². The number of nitrogens with zero attached hydrogens (tertiary/aromatic N) is 1. The van der Waals surface area contributed by atoms with Crippen molar-refractivity contribution < 1.29 is 13.9 Å². The van der Waals surface area contributed by atoms with Gasteiger partial charge in [-0.25, -0.2) is 4.39 Å². The molecule has 0 heterocycles. The number of ether oxygens (including phenoxy) is 2. The number of hydrogen-bond donors (Lipinski definition) is 0. The van der Waals surface area contributed by atoms with Gasteiger partial charge < -0.3 is 14.4 Å². The van der Waals surface area contributed by atoms with E-state index in [4.69, 9.17) is 9.47 Å². The largest absolute Gasteiger partial charge is 0.496 e. The van der Waals surface area contributed by atoms with Gasteiger partial charge in [0, 0.05) is 12.1 Å². The van der Waals surface area contributed by atoms with Gasteiger partial charge >= 0.3 is 0 Å². The van der Waals surface area contributed by atoms with Gasteiger partial charge in [0.2, 0.25) is 0 Å². The van der Waals surface area contributed by atoms with E-state index in [0.29, 0.717) is 18.3 Å². The molecule has 0 spiro atoms. The molecule has 0 aliphatic rings. The van der Waals surface area contributed by atoms with E-state index >= 15 is 0 Å². The molecule has 1 rings (SSSR count). The molecule has 3 nitrogen and oxygen atoms in total. The summed E-state index contributed by atoms with van der Waals surface area (Å²) in [6, 6.07) is 4.59. The number of benzene rings is 1. The standard InChI is InChI=1S/C16H26FNO2/c1-12(2)10-16(20-9-8-18(3)4)14-11-13(17)6-7-15(14)19-5/h6-7,11-12,16H,8-10H2,1-5H3/t16-/m0/s1. The van der Waals surface area contributed by atoms with Gasteiger partial charge in [0.1, 0.15) is 11.6 Å². The normalized spacial score (nSPS) is 13.0. The topological polar surface area (TPSA) is 21.7 Å². The molecule has 0 bridgehead atoms. The molecule has 0 aliphatic carbocycles. The molecule has 0 radical (unpaired) electrons. The van der Waals surface area contributed by atoms with Crippen LogP contribution in [0.5, 0.6) is 5.75 Å². The van der Waals surface area contributed by atoms with Gasteiger partial charge in [0.15, 0.2) is 0 Å². The van der Waals surface area contributed by atoms with E-state index < -0.39 is 0 Å². The zero-order chi connectivity index (χ0) is 15.1. The molecule has 0 aliphatic heterocycles. The number of hydrogen-bond acceptors (Lipinski definition) is 3. The smallest absolute Gasteiger partial charge is 0.124 e. The molecular weight excluding hydrogens is 257 g/mol. The first-order valence-electron chi connectivity index (χ1n) is 7.03. The quantitative estimate of drug-likeness (QED) is 0.729. The fraction of sp³-hybridized carbons (Fsp3) is 0.625. The first-order chi connectivity index (χ1) is 9.43. The number of halogens is 1. The van der Waals surface area contributed by atoms with Crippen LogP contribution >= 0.6 is 0 Å². The van der Waals surface area contributed by atoms with E-state index in [1.54, 1.807) is 13.2 Å². The maximum Gasteiger partial charge on any atom is 0.124 e. The first kappa shape index (κ1) is 16.9. The predicted octanol–water partition coefficient (Wildman–Crippen LogP) is 3.50. The SMILES string of the molecule is COc1ccc(F)cc1[C@H](CC(C)C)OCCN(C)C. The van der Waals surface area contributed by atoms with Crippen molar-refractivity contribution in [2.45, 2.75) is 26.4 Å². The number of methoxy groups -OCH3 is 1. The van der Waals surface area contributed by atoms with Gasteiger partial charge in [-0.2, -0.15) is 0 Å². The van der Waals surface area contributed by atoms with Crippen molar-refractivity contribution in [3.05, 3.63) is 29.6 Å². The molecular formula is C16H26FNO2. The summed E-state index contributed by atoms with van der Waals surface area (Å²) in [5.41, 5.74) is 0.792. The van der Waals surface area contributed by atoms with E-state index in [0.717, 1.165) is 18.5 Å². The fourth-order valence-electron chi connectivity index (χ4n) is 2.05. The fourth-order valence-corrected chi connectivity index (χ4v) is 2.05. The summed E-state index contributed by atoms with van der Waals surface area (Å²) < 4.78 is 24.8. The highest BCUT2D eigenvalue weighted by molar-refractivity contribution is 5.35. The second-order valence-electron chi connectivity index (χ2n) is 5.68. The van der Waals surface area contributed by atoms with Crippen LogP contribution in [-0.4, -0.2) is 39.3 Å². The molecule has 0 N–H and O–H groups in total. The van der Waals surface area contributed by atoms with E-state index in [1.165, 1.54) is 12.1 Å². The summed E-state index contributed by atoms with van der Waals surface area (Å²) in [6.45, 7) is 5.72. The molecule has 0 saturated heterocycles. The summed E-state index contributed by atoms with van der Waals surface area (Å²) in [4.78, 5) is 2.06. The Morgan fingerprint density at radius 2 is 1.95 bits per heavy atom. The molecule has 0 saturated carbocycles. The summed E-state index contributed by atoms with van der Waals surface area (Å²) >= 11 is 0. The van der Waals surface area contributed by atoms with Crippen LogP contribution in [0.3, 0.4) is 0 Å². The van der Waals surface area contributed by atoms with E-state index in [1.807, 2.05) is 14.1 Å². The van der Waals surface area contributed by atoms with Gasteiger partial charge in [-0.15, -0.1) is 0 Å². The molecule has 0 amide bonds. The van der Waals surface area contributed by atoms with Crippen molar-refractivity contribution in [1.29, 1.82) is 0 Å². The molecule has 1 atom stereocenters. The maximum atomic E-state index is 13.5. The van der Waals surface area contributed by atoms with Gasteiger partial charge in [0.25, 0.3) is 0 Å². The van der Waals surface area contributed by atoms with Crippen molar-refractivity contribution in [2.75, 3.05) is 34.4 Å². The van der Waals surface area contributed by atoms with Crippen LogP contribution in [0.15, 0.2) is 18.2 Å². The van der Waals surface area contributed by atoms with Crippen LogP contribution in [0.1, 0.15) is 31.9 Å². The second-order valence-corrected chi connectivity index (χ2v) is 5.68. The minimum atomic E-state index is -0.259. The Labute approximate surface area is 121 Å². The second kappa shape index (κ2) is 8.22. The van der Waals surface area contributed by atoms with Crippen LogP contribution in [0.25, 0.3) is 0 Å². The highest BCUT2D eigenvalue weighted by Gasteiger charge is 2.19. The summed E-state index contributed by atoms with van der Waals surface area (Å²) in [5, 5.41) is 0. The first-order valence-corrected chi connectivity index (χ1v) is 7.03. The van der Waals surface area contributed by atoms with E-state index in [9.17, 15) is 4.39 Å². The Morgan fingerprint density at radius 3 is 2.50 bits per heavy atom. The third-order valence-corrected chi connectivity index (χ3v) is 3.08. The Bertz CT molecular complexity index is 407. The zero-order valence-corrected chi connectivity index (χ0v) is 13.1. The lowest BCUT2D eigenvalue weighted by atomic mass is 9.98. The van der Waals surface area contributed by atoms with Gasteiger partial charge in [0.05, 0.1) is 19.8 Å². The van der Waals surface area contributed by atoms with Crippen LogP contribution in [0, 0.1) is 11.7 Å². The lowest BCUT2D eigenvalue weighted by molar-refractivity contribution is 0.0286. The molecule has 0 fully saturated rings. The summed E-state index contributed by atoms with van der Waals surface area (Å²) in [5.74, 6) is 0.889. The lowest BCUT2D eigenvalue weighted by Crippen LogP contribution is -2.20.